The SMILES string of the molecule is CCCCCC(NC)c1cc(Cl)c(Br)cc1F. The largest absolute Gasteiger partial charge is 0.313 e. The van der Waals surface area contributed by atoms with Gasteiger partial charge in [0, 0.05) is 16.1 Å². The molecule has 0 aliphatic heterocycles. The van der Waals surface area contributed by atoms with E-state index in [0.29, 0.717) is 15.1 Å². The van der Waals surface area contributed by atoms with Crippen molar-refractivity contribution in [1.82, 2.24) is 5.32 Å². The van der Waals surface area contributed by atoms with E-state index in [9.17, 15) is 4.39 Å². The Balaban J connectivity index is 2.84. The second-order valence-corrected chi connectivity index (χ2v) is 5.39. The molecule has 1 N–H and O–H groups in total. The van der Waals surface area contributed by atoms with Crippen LogP contribution in [-0.2, 0) is 0 Å². The molecule has 0 saturated carbocycles. The monoisotopic (exact) mass is 321 g/mol. The minimum atomic E-state index is -0.211. The third kappa shape index (κ3) is 4.23. The fourth-order valence-corrected chi connectivity index (χ4v) is 2.35. The maximum absolute atomic E-state index is 13.8. The lowest BCUT2D eigenvalue weighted by molar-refractivity contribution is 0.484. The third-order valence-electron chi connectivity index (χ3n) is 2.86. The van der Waals surface area contributed by atoms with Gasteiger partial charge in [0.05, 0.1) is 5.02 Å². The van der Waals surface area contributed by atoms with Crippen LogP contribution in [0.5, 0.6) is 0 Å². The average molecular weight is 323 g/mol. The summed E-state index contributed by atoms with van der Waals surface area (Å²) in [4.78, 5) is 0. The Labute approximate surface area is 116 Å². The van der Waals surface area contributed by atoms with E-state index in [-0.39, 0.29) is 11.9 Å². The highest BCUT2D eigenvalue weighted by Gasteiger charge is 2.15. The molecule has 17 heavy (non-hydrogen) atoms. The topological polar surface area (TPSA) is 12.0 Å². The second-order valence-electron chi connectivity index (χ2n) is 4.12. The van der Waals surface area contributed by atoms with Crippen molar-refractivity contribution in [3.8, 4) is 0 Å². The molecule has 1 rings (SSSR count). The van der Waals surface area contributed by atoms with E-state index in [4.69, 9.17) is 11.6 Å². The highest BCUT2D eigenvalue weighted by Crippen LogP contribution is 2.30. The molecular weight excluding hydrogens is 305 g/mol. The molecule has 0 saturated heterocycles. The second kappa shape index (κ2) is 7.34. The molecule has 1 aromatic carbocycles. The van der Waals surface area contributed by atoms with E-state index < -0.39 is 0 Å². The molecule has 1 nitrogen and oxygen atoms in total. The summed E-state index contributed by atoms with van der Waals surface area (Å²) < 4.78 is 14.4. The van der Waals surface area contributed by atoms with Gasteiger partial charge in [-0.1, -0.05) is 37.8 Å². The van der Waals surface area contributed by atoms with Crippen molar-refractivity contribution >= 4 is 27.5 Å². The summed E-state index contributed by atoms with van der Waals surface area (Å²) >= 11 is 9.23. The Morgan fingerprint density at radius 1 is 1.41 bits per heavy atom. The van der Waals surface area contributed by atoms with Crippen LogP contribution in [0.2, 0.25) is 5.02 Å². The molecule has 0 bridgehead atoms. The lowest BCUT2D eigenvalue weighted by Crippen LogP contribution is -2.17. The molecule has 0 aliphatic carbocycles. The zero-order chi connectivity index (χ0) is 12.8. The van der Waals surface area contributed by atoms with Crippen LogP contribution in [0.25, 0.3) is 0 Å². The van der Waals surface area contributed by atoms with Crippen LogP contribution in [0, 0.1) is 5.82 Å². The van der Waals surface area contributed by atoms with E-state index in [2.05, 4.69) is 28.2 Å². The van der Waals surface area contributed by atoms with Crippen molar-refractivity contribution < 1.29 is 4.39 Å². The zero-order valence-electron chi connectivity index (χ0n) is 10.2. The van der Waals surface area contributed by atoms with Gasteiger partial charge in [0.1, 0.15) is 5.82 Å². The summed E-state index contributed by atoms with van der Waals surface area (Å²) in [5, 5.41) is 3.70. The predicted octanol–water partition coefficient (Wildman–Crippen LogP) is 5.08. The molecule has 0 aromatic heterocycles. The van der Waals surface area contributed by atoms with E-state index in [1.54, 1.807) is 6.07 Å². The minimum Gasteiger partial charge on any atom is -0.313 e. The first-order valence-corrected chi connectivity index (χ1v) is 7.09. The normalized spacial score (nSPS) is 12.8. The Bertz CT molecular complexity index is 371. The van der Waals surface area contributed by atoms with Crippen LogP contribution < -0.4 is 5.32 Å². The quantitative estimate of drug-likeness (QED) is 0.568. The summed E-state index contributed by atoms with van der Waals surface area (Å²) in [5.41, 5.74) is 0.650. The van der Waals surface area contributed by atoms with Crippen molar-refractivity contribution in [2.24, 2.45) is 0 Å². The Morgan fingerprint density at radius 3 is 2.71 bits per heavy atom. The van der Waals surface area contributed by atoms with Gasteiger partial charge in [-0.05, 0) is 41.5 Å². The maximum Gasteiger partial charge on any atom is 0.129 e. The summed E-state index contributed by atoms with van der Waals surface area (Å²) in [6.07, 6.45) is 4.36. The van der Waals surface area contributed by atoms with Crippen molar-refractivity contribution in [2.75, 3.05) is 7.05 Å². The molecule has 1 unspecified atom stereocenters. The van der Waals surface area contributed by atoms with E-state index in [1.807, 2.05) is 7.05 Å². The van der Waals surface area contributed by atoms with Crippen LogP contribution in [0.1, 0.15) is 44.2 Å². The van der Waals surface area contributed by atoms with Gasteiger partial charge < -0.3 is 5.32 Å². The molecule has 0 spiro atoms. The van der Waals surface area contributed by atoms with Gasteiger partial charge in [-0.2, -0.15) is 0 Å². The fraction of sp³-hybridized carbons (Fsp3) is 0.538. The molecule has 0 amide bonds. The van der Waals surface area contributed by atoms with Gasteiger partial charge in [-0.3, -0.25) is 0 Å². The standard InChI is InChI=1S/C13H18BrClFN/c1-3-4-5-6-13(17-2)9-7-11(15)10(14)8-12(9)16/h7-8,13,17H,3-6H2,1-2H3. The lowest BCUT2D eigenvalue weighted by Gasteiger charge is -2.18. The molecule has 0 fully saturated rings. The number of rotatable bonds is 6. The van der Waals surface area contributed by atoms with E-state index in [1.165, 1.54) is 18.9 Å². The number of benzene rings is 1. The van der Waals surface area contributed by atoms with Crippen LogP contribution in [0.3, 0.4) is 0 Å². The molecular formula is C13H18BrClFN. The molecule has 4 heteroatoms. The van der Waals surface area contributed by atoms with Crippen molar-refractivity contribution in [2.45, 2.75) is 38.6 Å². The smallest absolute Gasteiger partial charge is 0.129 e. The Morgan fingerprint density at radius 2 is 2.12 bits per heavy atom. The summed E-state index contributed by atoms with van der Waals surface area (Å²) in [6.45, 7) is 2.16. The molecule has 96 valence electrons. The summed E-state index contributed by atoms with van der Waals surface area (Å²) in [5.74, 6) is -0.211. The Hall–Kier alpha value is -0.120. The lowest BCUT2D eigenvalue weighted by atomic mass is 10.00. The highest BCUT2D eigenvalue weighted by atomic mass is 79.9. The number of halogens is 3. The first-order chi connectivity index (χ1) is 8.10. The molecule has 1 aromatic rings. The van der Waals surface area contributed by atoms with Gasteiger partial charge in [-0.25, -0.2) is 4.39 Å². The van der Waals surface area contributed by atoms with Gasteiger partial charge in [0.15, 0.2) is 0 Å². The van der Waals surface area contributed by atoms with Gasteiger partial charge in [0.2, 0.25) is 0 Å². The number of hydrogen-bond acceptors (Lipinski definition) is 1. The first-order valence-electron chi connectivity index (χ1n) is 5.91. The van der Waals surface area contributed by atoms with Gasteiger partial charge in [-0.15, -0.1) is 0 Å². The van der Waals surface area contributed by atoms with Crippen LogP contribution in [0.4, 0.5) is 4.39 Å². The van der Waals surface area contributed by atoms with Crippen molar-refractivity contribution in [3.63, 3.8) is 0 Å². The zero-order valence-corrected chi connectivity index (χ0v) is 12.5. The van der Waals surface area contributed by atoms with Gasteiger partial charge in [0.25, 0.3) is 0 Å². The summed E-state index contributed by atoms with van der Waals surface area (Å²) in [6, 6.07) is 3.17. The van der Waals surface area contributed by atoms with E-state index >= 15 is 0 Å². The maximum atomic E-state index is 13.8. The van der Waals surface area contributed by atoms with Gasteiger partial charge >= 0.3 is 0 Å². The minimum absolute atomic E-state index is 0.0344. The summed E-state index contributed by atoms with van der Waals surface area (Å²) in [7, 11) is 1.85. The van der Waals surface area contributed by atoms with Crippen LogP contribution in [-0.4, -0.2) is 7.05 Å². The predicted molar refractivity (Wildman–Crippen MR) is 75.1 cm³/mol. The highest BCUT2D eigenvalue weighted by molar-refractivity contribution is 9.10. The Kier molecular flexibility index (Phi) is 6.45. The number of unbranched alkanes of at least 4 members (excludes halogenated alkanes) is 2. The number of hydrogen-bond donors (Lipinski definition) is 1. The molecule has 1 atom stereocenters. The van der Waals surface area contributed by atoms with Crippen molar-refractivity contribution in [1.29, 1.82) is 0 Å². The first kappa shape index (κ1) is 14.9. The fourth-order valence-electron chi connectivity index (χ4n) is 1.86. The molecule has 0 aliphatic rings. The van der Waals surface area contributed by atoms with Crippen LogP contribution in [0.15, 0.2) is 16.6 Å². The van der Waals surface area contributed by atoms with Crippen LogP contribution >= 0.6 is 27.5 Å². The third-order valence-corrected chi connectivity index (χ3v) is 4.06. The van der Waals surface area contributed by atoms with Crippen molar-refractivity contribution in [3.05, 3.63) is 33.0 Å². The molecule has 0 radical (unpaired) electrons. The molecule has 0 heterocycles. The average Bonchev–Trinajstić information content (AvgIpc) is 2.30. The number of nitrogens with one attached hydrogen (secondary N) is 1. The van der Waals surface area contributed by atoms with E-state index in [0.717, 1.165) is 12.8 Å².